The van der Waals surface area contributed by atoms with Crippen molar-refractivity contribution in [3.63, 3.8) is 0 Å². The summed E-state index contributed by atoms with van der Waals surface area (Å²) in [5.41, 5.74) is 2.91. The van der Waals surface area contributed by atoms with E-state index in [0.717, 1.165) is 25.1 Å². The maximum atomic E-state index is 13.1. The van der Waals surface area contributed by atoms with Gasteiger partial charge in [-0.3, -0.25) is 4.79 Å². The fourth-order valence-corrected chi connectivity index (χ4v) is 4.43. The average Bonchev–Trinajstić information content (AvgIpc) is 3.07. The van der Waals surface area contributed by atoms with Crippen molar-refractivity contribution >= 4 is 35.0 Å². The molecule has 0 fully saturated rings. The number of hydrogen-bond donors (Lipinski definition) is 1. The second-order valence-corrected chi connectivity index (χ2v) is 8.35. The van der Waals surface area contributed by atoms with Crippen molar-refractivity contribution in [3.8, 4) is 11.4 Å². The largest absolute Gasteiger partial charge is 0.335 e. The van der Waals surface area contributed by atoms with E-state index in [2.05, 4.69) is 16.3 Å². The molecular formula is C20H20ClN5OS. The maximum absolute atomic E-state index is 13.1. The van der Waals surface area contributed by atoms with Crippen LogP contribution in [-0.4, -0.2) is 32.6 Å². The lowest BCUT2D eigenvalue weighted by atomic mass is 10.0. The molecule has 144 valence electrons. The minimum Gasteiger partial charge on any atom is -0.335 e. The first-order valence-electron chi connectivity index (χ1n) is 9.07. The number of thioether (sulfide) groups is 1. The molecule has 1 atom stereocenters. The molecular weight excluding hydrogens is 394 g/mol. The molecule has 1 unspecified atom stereocenters. The van der Waals surface area contributed by atoms with Gasteiger partial charge in [-0.25, -0.2) is 4.68 Å². The predicted molar refractivity (Wildman–Crippen MR) is 113 cm³/mol. The summed E-state index contributed by atoms with van der Waals surface area (Å²) in [4.78, 5) is 15.0. The molecule has 2 heterocycles. The molecule has 0 aliphatic carbocycles. The summed E-state index contributed by atoms with van der Waals surface area (Å²) >= 11 is 7.54. The van der Waals surface area contributed by atoms with Gasteiger partial charge in [-0.05, 0) is 43.5 Å². The molecule has 6 nitrogen and oxygen atoms in total. The number of halogens is 1. The first-order valence-corrected chi connectivity index (χ1v) is 10.3. The number of aryl methyl sites for hydroxylation is 1. The van der Waals surface area contributed by atoms with Crippen LogP contribution in [0.25, 0.3) is 11.4 Å². The zero-order valence-corrected chi connectivity index (χ0v) is 17.0. The number of carbonyl (C=O) groups excluding carboxylic acids is 1. The number of nitrogens with two attached hydrogens (primary N) is 1. The van der Waals surface area contributed by atoms with Gasteiger partial charge in [0, 0.05) is 17.8 Å². The van der Waals surface area contributed by atoms with Crippen LogP contribution >= 0.6 is 23.4 Å². The van der Waals surface area contributed by atoms with Crippen LogP contribution in [0.5, 0.6) is 0 Å². The number of nitrogens with zero attached hydrogens (tertiary/aromatic N) is 4. The van der Waals surface area contributed by atoms with Crippen molar-refractivity contribution in [2.24, 2.45) is 0 Å². The van der Waals surface area contributed by atoms with E-state index in [9.17, 15) is 4.79 Å². The van der Waals surface area contributed by atoms with Crippen LogP contribution in [0.15, 0.2) is 53.7 Å². The third kappa shape index (κ3) is 3.47. The Morgan fingerprint density at radius 2 is 1.93 bits per heavy atom. The summed E-state index contributed by atoms with van der Waals surface area (Å²) in [6.45, 7) is 2.59. The zero-order valence-electron chi connectivity index (χ0n) is 15.4. The Morgan fingerprint density at radius 3 is 2.75 bits per heavy atom. The summed E-state index contributed by atoms with van der Waals surface area (Å²) in [7, 11) is 0. The van der Waals surface area contributed by atoms with Crippen LogP contribution in [0.2, 0.25) is 5.02 Å². The number of nitrogen functional groups attached to an aromatic ring is 1. The average molecular weight is 414 g/mol. The van der Waals surface area contributed by atoms with Crippen LogP contribution < -0.4 is 10.7 Å². The van der Waals surface area contributed by atoms with Crippen molar-refractivity contribution in [2.75, 3.05) is 17.3 Å². The molecule has 0 spiro atoms. The fourth-order valence-electron chi connectivity index (χ4n) is 3.37. The van der Waals surface area contributed by atoms with Gasteiger partial charge in [0.15, 0.2) is 5.82 Å². The molecule has 0 saturated heterocycles. The van der Waals surface area contributed by atoms with Gasteiger partial charge in [-0.15, -0.1) is 10.2 Å². The smallest absolute Gasteiger partial charge is 0.240 e. The SMILES string of the molecule is CC(Sc1nnc(-c2ccccc2Cl)n1N)C(=O)N1CCCc2ccccc21. The Morgan fingerprint density at radius 1 is 1.18 bits per heavy atom. The molecule has 1 aliphatic heterocycles. The van der Waals surface area contributed by atoms with Crippen LogP contribution in [0.4, 0.5) is 5.69 Å². The molecule has 2 aromatic carbocycles. The van der Waals surface area contributed by atoms with Gasteiger partial charge in [0.05, 0.1) is 10.3 Å². The standard InChI is InChI=1S/C20H20ClN5OS/c1-13(19(27)25-12-6-8-14-7-2-5-11-17(14)25)28-20-24-23-18(26(20)22)15-9-3-4-10-16(15)21/h2-5,7,9-11,13H,6,8,12,22H2,1H3. The summed E-state index contributed by atoms with van der Waals surface area (Å²) in [6.07, 6.45) is 1.96. The minimum absolute atomic E-state index is 0.0412. The molecule has 1 amide bonds. The fraction of sp³-hybridized carbons (Fsp3) is 0.250. The van der Waals surface area contributed by atoms with E-state index in [4.69, 9.17) is 17.4 Å². The van der Waals surface area contributed by atoms with Gasteiger partial charge < -0.3 is 10.7 Å². The van der Waals surface area contributed by atoms with Gasteiger partial charge in [-0.1, -0.05) is 53.7 Å². The lowest BCUT2D eigenvalue weighted by Crippen LogP contribution is -2.40. The first kappa shape index (κ1) is 18.8. The Bertz CT molecular complexity index is 1020. The van der Waals surface area contributed by atoms with E-state index in [0.29, 0.717) is 21.6 Å². The number of benzene rings is 2. The summed E-state index contributed by atoms with van der Waals surface area (Å²) in [6, 6.07) is 15.4. The van der Waals surface area contributed by atoms with E-state index >= 15 is 0 Å². The Labute approximate surface area is 172 Å². The normalized spacial score (nSPS) is 14.6. The number of amides is 1. The quantitative estimate of drug-likeness (QED) is 0.520. The number of anilines is 1. The van der Waals surface area contributed by atoms with E-state index in [1.54, 1.807) is 6.07 Å². The molecule has 1 aromatic heterocycles. The minimum atomic E-state index is -0.350. The van der Waals surface area contributed by atoms with Crippen LogP contribution in [0.3, 0.4) is 0 Å². The molecule has 4 rings (SSSR count). The van der Waals surface area contributed by atoms with Gasteiger partial charge in [0.25, 0.3) is 0 Å². The summed E-state index contributed by atoms with van der Waals surface area (Å²) < 4.78 is 1.39. The zero-order chi connectivity index (χ0) is 19.7. The topological polar surface area (TPSA) is 77.0 Å². The number of carbonyl (C=O) groups is 1. The van der Waals surface area contributed by atoms with Gasteiger partial charge in [0.2, 0.25) is 11.1 Å². The lowest BCUT2D eigenvalue weighted by Gasteiger charge is -2.31. The number of rotatable bonds is 4. The van der Waals surface area contributed by atoms with Crippen molar-refractivity contribution in [2.45, 2.75) is 30.2 Å². The summed E-state index contributed by atoms with van der Waals surface area (Å²) in [5, 5.41) is 9.00. The molecule has 0 radical (unpaired) electrons. The Balaban J connectivity index is 1.54. The van der Waals surface area contributed by atoms with Crippen molar-refractivity contribution in [3.05, 3.63) is 59.1 Å². The molecule has 2 N–H and O–H groups in total. The molecule has 28 heavy (non-hydrogen) atoms. The van der Waals surface area contributed by atoms with Crippen LogP contribution in [-0.2, 0) is 11.2 Å². The third-order valence-electron chi connectivity index (χ3n) is 4.79. The highest BCUT2D eigenvalue weighted by molar-refractivity contribution is 8.00. The highest BCUT2D eigenvalue weighted by atomic mass is 35.5. The number of fused-ring (bicyclic) bond motifs is 1. The predicted octanol–water partition coefficient (Wildman–Crippen LogP) is 3.77. The van der Waals surface area contributed by atoms with Crippen molar-refractivity contribution < 1.29 is 4.79 Å². The molecule has 0 bridgehead atoms. The van der Waals surface area contributed by atoms with Crippen molar-refractivity contribution in [1.29, 1.82) is 0 Å². The number of aromatic nitrogens is 3. The van der Waals surface area contributed by atoms with Gasteiger partial charge in [-0.2, -0.15) is 0 Å². The van der Waals surface area contributed by atoms with E-state index in [1.807, 2.05) is 48.2 Å². The second kappa shape index (κ2) is 7.85. The monoisotopic (exact) mass is 413 g/mol. The lowest BCUT2D eigenvalue weighted by molar-refractivity contribution is -0.117. The molecule has 3 aromatic rings. The summed E-state index contributed by atoms with van der Waals surface area (Å²) in [5.74, 6) is 6.70. The molecule has 8 heteroatoms. The van der Waals surface area contributed by atoms with E-state index in [-0.39, 0.29) is 11.2 Å². The Kier molecular flexibility index (Phi) is 5.28. The third-order valence-corrected chi connectivity index (χ3v) is 6.16. The molecule has 0 saturated carbocycles. The van der Waals surface area contributed by atoms with Gasteiger partial charge >= 0.3 is 0 Å². The van der Waals surface area contributed by atoms with E-state index < -0.39 is 0 Å². The number of hydrogen-bond acceptors (Lipinski definition) is 5. The Hall–Kier alpha value is -2.51. The number of para-hydroxylation sites is 1. The van der Waals surface area contributed by atoms with Crippen LogP contribution in [0.1, 0.15) is 18.9 Å². The highest BCUT2D eigenvalue weighted by Crippen LogP contribution is 2.32. The van der Waals surface area contributed by atoms with E-state index in [1.165, 1.54) is 22.0 Å². The molecule has 1 aliphatic rings. The first-order chi connectivity index (χ1) is 13.6. The van der Waals surface area contributed by atoms with Crippen LogP contribution in [0, 0.1) is 0 Å². The maximum Gasteiger partial charge on any atom is 0.240 e. The second-order valence-electron chi connectivity index (χ2n) is 6.64. The van der Waals surface area contributed by atoms with Gasteiger partial charge in [0.1, 0.15) is 0 Å². The van der Waals surface area contributed by atoms with Crippen molar-refractivity contribution in [1.82, 2.24) is 14.9 Å². The highest BCUT2D eigenvalue weighted by Gasteiger charge is 2.28.